The second-order valence-corrected chi connectivity index (χ2v) is 4.96. The molecule has 1 heterocycles. The van der Waals surface area contributed by atoms with Crippen molar-refractivity contribution in [2.75, 3.05) is 0 Å². The van der Waals surface area contributed by atoms with Crippen LogP contribution in [0.4, 0.5) is 0 Å². The summed E-state index contributed by atoms with van der Waals surface area (Å²) in [5, 5.41) is 4.84. The zero-order chi connectivity index (χ0) is 10.6. The van der Waals surface area contributed by atoms with Gasteiger partial charge in [-0.1, -0.05) is 67.0 Å². The van der Waals surface area contributed by atoms with E-state index in [-0.39, 0.29) is 0 Å². The minimum atomic E-state index is 1.15. The Morgan fingerprint density at radius 2 is 0.786 bits per heavy atom. The molecule has 0 aliphatic carbocycles. The maximum absolute atomic E-state index is 3.80. The smallest absolute Gasteiger partial charge is 0.0136 e. The van der Waals surface area contributed by atoms with E-state index in [2.05, 4.69) is 26.3 Å². The lowest BCUT2D eigenvalue weighted by Crippen LogP contribution is -1.76. The first kappa shape index (κ1) is 11.1. The van der Waals surface area contributed by atoms with Crippen LogP contribution in [0, 0.1) is 0 Å². The molecule has 0 nitrogen and oxygen atoms in total. The minimum absolute atomic E-state index is 1.15. The molecule has 2 heteroatoms. The van der Waals surface area contributed by atoms with Crippen LogP contribution in [0.25, 0.3) is 24.3 Å². The Morgan fingerprint density at radius 3 is 0.929 bits per heavy atom. The number of hydrogen-bond donors (Lipinski definition) is 0. The monoisotopic (exact) mass is 218 g/mol. The molecule has 0 radical (unpaired) electrons. The van der Waals surface area contributed by atoms with E-state index in [1.165, 1.54) is 21.2 Å². The van der Waals surface area contributed by atoms with Gasteiger partial charge in [-0.05, 0) is 0 Å². The highest BCUT2D eigenvalue weighted by Gasteiger charge is 2.02. The lowest BCUT2D eigenvalue weighted by molar-refractivity contribution is 1.94. The highest BCUT2D eigenvalue weighted by atomic mass is 31.0. The molecule has 0 fully saturated rings. The third-order valence-corrected chi connectivity index (χ3v) is 4.79. The maximum Gasteiger partial charge on any atom is 0.0136 e. The highest BCUT2D eigenvalue weighted by molar-refractivity contribution is 7.41. The highest BCUT2D eigenvalue weighted by Crippen LogP contribution is 2.38. The molecule has 0 spiro atoms. The first-order chi connectivity index (χ1) is 6.76. The van der Waals surface area contributed by atoms with Gasteiger partial charge in [0.2, 0.25) is 0 Å². The van der Waals surface area contributed by atoms with Crippen LogP contribution in [0.3, 0.4) is 0 Å². The summed E-state index contributed by atoms with van der Waals surface area (Å²) in [5.74, 6) is 0. The molecule has 1 aromatic rings. The van der Waals surface area contributed by atoms with Crippen molar-refractivity contribution in [2.45, 2.75) is 0 Å². The first-order valence-electron chi connectivity index (χ1n) is 4.18. The lowest BCUT2D eigenvalue weighted by Gasteiger charge is -2.05. The van der Waals surface area contributed by atoms with Gasteiger partial charge < -0.3 is 0 Å². The summed E-state index contributed by atoms with van der Waals surface area (Å²) in [6.07, 6.45) is 7.54. The lowest BCUT2D eigenvalue weighted by atomic mass is 10.4. The molecular weight excluding hydrogens is 206 g/mol. The second-order valence-electron chi connectivity index (χ2n) is 2.58. The quantitative estimate of drug-likeness (QED) is 0.633. The van der Waals surface area contributed by atoms with Gasteiger partial charge in [-0.2, -0.15) is 0 Å². The summed E-state index contributed by atoms with van der Waals surface area (Å²) in [4.78, 5) is 0. The fourth-order valence-corrected chi connectivity index (χ4v) is 3.40. The van der Waals surface area contributed by atoms with Crippen LogP contribution in [-0.2, 0) is 0 Å². The average Bonchev–Trinajstić information content (AvgIpc) is 2.26. The maximum atomic E-state index is 3.80. The zero-order valence-electron chi connectivity index (χ0n) is 8.03. The van der Waals surface area contributed by atoms with Gasteiger partial charge in [-0.3, -0.25) is 0 Å². The number of hydrogen-bond acceptors (Lipinski definition) is 0. The average molecular weight is 218 g/mol. The van der Waals surface area contributed by atoms with E-state index in [9.17, 15) is 0 Å². The Morgan fingerprint density at radius 1 is 0.571 bits per heavy atom. The molecule has 0 unspecified atom stereocenters. The molecule has 1 aromatic heterocycles. The van der Waals surface area contributed by atoms with Gasteiger partial charge in [0, 0.05) is 21.2 Å². The van der Waals surface area contributed by atoms with E-state index in [0.717, 1.165) is 16.4 Å². The Kier molecular flexibility index (Phi) is 4.01. The molecule has 0 aromatic carbocycles. The molecule has 0 atom stereocenters. The Labute approximate surface area is 88.6 Å². The molecule has 0 bridgehead atoms. The molecule has 0 aliphatic heterocycles. The van der Waals surface area contributed by atoms with Gasteiger partial charge in [-0.25, -0.2) is 0 Å². The third kappa shape index (κ3) is 2.10. The van der Waals surface area contributed by atoms with Crippen LogP contribution < -0.4 is 0 Å². The summed E-state index contributed by atoms with van der Waals surface area (Å²) in [7, 11) is 2.30. The Bertz CT molecular complexity index is 329. The zero-order valence-corrected chi connectivity index (χ0v) is 9.82. The Balaban J connectivity index is 3.49. The van der Waals surface area contributed by atoms with Gasteiger partial charge in [0.15, 0.2) is 0 Å². The largest absolute Gasteiger partial charge is 0.0981 e. The van der Waals surface area contributed by atoms with E-state index in [1.807, 2.05) is 24.3 Å². The molecule has 0 aliphatic rings. The van der Waals surface area contributed by atoms with Crippen molar-refractivity contribution in [3.8, 4) is 0 Å². The normalized spacial score (nSPS) is 10.3. The van der Waals surface area contributed by atoms with Crippen LogP contribution >= 0.6 is 16.4 Å². The summed E-state index contributed by atoms with van der Waals surface area (Å²) in [5.41, 5.74) is 0. The van der Waals surface area contributed by atoms with E-state index >= 15 is 0 Å². The fourth-order valence-electron chi connectivity index (χ4n) is 1.09. The molecule has 0 saturated heterocycles. The van der Waals surface area contributed by atoms with Crippen LogP contribution in [0.15, 0.2) is 26.3 Å². The van der Waals surface area contributed by atoms with Crippen molar-refractivity contribution in [1.29, 1.82) is 0 Å². The van der Waals surface area contributed by atoms with E-state index in [1.54, 1.807) is 0 Å². The fraction of sp³-hybridized carbons (Fsp3) is 0. The summed E-state index contributed by atoms with van der Waals surface area (Å²) in [6.45, 7) is 15.2. The van der Waals surface area contributed by atoms with E-state index < -0.39 is 0 Å². The topological polar surface area (TPSA) is 0 Å². The third-order valence-electron chi connectivity index (χ3n) is 1.78. The van der Waals surface area contributed by atoms with Gasteiger partial charge >= 0.3 is 0 Å². The molecule has 70 valence electrons. The summed E-state index contributed by atoms with van der Waals surface area (Å²) >= 11 is 0. The van der Waals surface area contributed by atoms with E-state index in [4.69, 9.17) is 0 Å². The standard InChI is InChI=1S/C12H12P2/c1-5-9-10(6-2)14-12(8-4)11(7-3)13-9/h5-8H,1-4H2. The van der Waals surface area contributed by atoms with Gasteiger partial charge in [-0.15, -0.1) is 0 Å². The molecule has 0 N–H and O–H groups in total. The number of rotatable bonds is 4. The van der Waals surface area contributed by atoms with Crippen molar-refractivity contribution in [3.63, 3.8) is 0 Å². The minimum Gasteiger partial charge on any atom is -0.0981 e. The van der Waals surface area contributed by atoms with Crippen molar-refractivity contribution in [3.05, 3.63) is 47.5 Å². The summed E-state index contributed by atoms with van der Waals surface area (Å²) < 4.78 is 0. The molecule has 1 rings (SSSR count). The van der Waals surface area contributed by atoms with Crippen molar-refractivity contribution in [2.24, 2.45) is 0 Å². The van der Waals surface area contributed by atoms with Crippen LogP contribution in [0.1, 0.15) is 21.2 Å². The summed E-state index contributed by atoms with van der Waals surface area (Å²) in [6, 6.07) is 0. The van der Waals surface area contributed by atoms with Crippen molar-refractivity contribution >= 4 is 40.7 Å². The SMILES string of the molecule is C=Cc1pc(C=C)c(C=C)pc1C=C. The van der Waals surface area contributed by atoms with Crippen LogP contribution in [-0.4, -0.2) is 0 Å². The molecule has 0 saturated carbocycles. The second kappa shape index (κ2) is 5.05. The van der Waals surface area contributed by atoms with Crippen LogP contribution in [0.5, 0.6) is 0 Å². The van der Waals surface area contributed by atoms with E-state index in [0.29, 0.717) is 0 Å². The molecule has 0 amide bonds. The first-order valence-corrected chi connectivity index (χ1v) is 5.97. The molecule has 14 heavy (non-hydrogen) atoms. The van der Waals surface area contributed by atoms with Gasteiger partial charge in [0.1, 0.15) is 0 Å². The molecular formula is C12H12P2. The van der Waals surface area contributed by atoms with Crippen LogP contribution in [0.2, 0.25) is 0 Å². The Hall–Kier alpha value is -0.960. The predicted octanol–water partition coefficient (Wildman–Crippen LogP) is 5.42. The van der Waals surface area contributed by atoms with Crippen molar-refractivity contribution in [1.82, 2.24) is 0 Å². The van der Waals surface area contributed by atoms with Gasteiger partial charge in [0.05, 0.1) is 0 Å². The van der Waals surface area contributed by atoms with Crippen molar-refractivity contribution < 1.29 is 0 Å². The predicted molar refractivity (Wildman–Crippen MR) is 71.8 cm³/mol. The van der Waals surface area contributed by atoms with Gasteiger partial charge in [0.25, 0.3) is 0 Å².